The smallest absolute Gasteiger partial charge is 0.318 e. The molecule has 0 saturated carbocycles. The van der Waals surface area contributed by atoms with Crippen LogP contribution in [0.2, 0.25) is 0 Å². The molecule has 11 nitrogen and oxygen atoms in total. The van der Waals surface area contributed by atoms with E-state index in [0.29, 0.717) is 58.0 Å². The summed E-state index contributed by atoms with van der Waals surface area (Å²) in [7, 11) is 1.95. The van der Waals surface area contributed by atoms with E-state index in [1.54, 1.807) is 12.1 Å². The first kappa shape index (κ1) is 31.3. The summed E-state index contributed by atoms with van der Waals surface area (Å²) in [4.78, 5) is 33.5. The first-order valence-electron chi connectivity index (χ1n) is 14.9. The van der Waals surface area contributed by atoms with E-state index in [1.165, 1.54) is 4.90 Å². The molecule has 3 aromatic rings. The van der Waals surface area contributed by atoms with Crippen molar-refractivity contribution in [1.29, 1.82) is 0 Å². The van der Waals surface area contributed by atoms with E-state index in [0.717, 1.165) is 31.3 Å². The lowest BCUT2D eigenvalue weighted by molar-refractivity contribution is -0.131. The Morgan fingerprint density at radius 3 is 2.76 bits per heavy atom. The van der Waals surface area contributed by atoms with Gasteiger partial charge in [0.25, 0.3) is 5.91 Å². The monoisotopic (exact) mass is 731 g/mol. The van der Waals surface area contributed by atoms with E-state index in [2.05, 4.69) is 43.8 Å². The molecule has 2 fully saturated rings. The van der Waals surface area contributed by atoms with Crippen LogP contribution in [-0.4, -0.2) is 107 Å². The summed E-state index contributed by atoms with van der Waals surface area (Å²) in [5.74, 6) is -0.950. The first-order chi connectivity index (χ1) is 21.6. The van der Waals surface area contributed by atoms with Gasteiger partial charge in [-0.3, -0.25) is 9.69 Å². The third-order valence-electron chi connectivity index (χ3n) is 8.90. The zero-order valence-corrected chi connectivity index (χ0v) is 27.2. The zero-order valence-electron chi connectivity index (χ0n) is 25.0. The van der Waals surface area contributed by atoms with Gasteiger partial charge in [-0.1, -0.05) is 18.7 Å². The SMILES string of the molecule is [C-]#[N+]C[C@H]1CN(c2nc(OC[C@@H]3CC(O)CN3C)nc3c2CCN(c2cc(O)cc4cccc([131I])c24)C3)CCN1C(=O)C(=C)F. The summed E-state index contributed by atoms with van der Waals surface area (Å²) in [5.41, 5.74) is 2.67. The van der Waals surface area contributed by atoms with Crippen molar-refractivity contribution in [3.63, 3.8) is 0 Å². The van der Waals surface area contributed by atoms with E-state index < -0.39 is 23.9 Å². The van der Waals surface area contributed by atoms with Gasteiger partial charge in [-0.05, 0) is 60.0 Å². The average Bonchev–Trinajstić information content (AvgIpc) is 3.34. The molecule has 0 spiro atoms. The molecule has 6 rings (SSSR count). The lowest BCUT2D eigenvalue weighted by atomic mass is 10.0. The van der Waals surface area contributed by atoms with Crippen LogP contribution in [0.15, 0.2) is 42.7 Å². The maximum atomic E-state index is 13.8. The molecule has 0 aliphatic carbocycles. The molecule has 1 unspecified atom stereocenters. The zero-order chi connectivity index (χ0) is 31.8. The van der Waals surface area contributed by atoms with Crippen LogP contribution in [0.4, 0.5) is 15.9 Å². The fourth-order valence-corrected chi connectivity index (χ4v) is 7.46. The molecule has 45 heavy (non-hydrogen) atoms. The van der Waals surface area contributed by atoms with Crippen molar-refractivity contribution in [2.24, 2.45) is 0 Å². The second-order valence-corrected chi connectivity index (χ2v) is 13.0. The summed E-state index contributed by atoms with van der Waals surface area (Å²) in [6.07, 6.45) is 0.812. The van der Waals surface area contributed by atoms with Crippen molar-refractivity contribution >= 4 is 50.8 Å². The number of aliphatic hydroxyl groups excluding tert-OH is 1. The van der Waals surface area contributed by atoms with Gasteiger partial charge in [-0.15, -0.1) is 0 Å². The Balaban J connectivity index is 1.35. The van der Waals surface area contributed by atoms with Crippen LogP contribution < -0.4 is 14.5 Å². The molecule has 1 amide bonds. The molecule has 0 bridgehead atoms. The number of carbonyl (C=O) groups excluding carboxylic acids is 1. The number of piperazine rings is 1. The maximum Gasteiger partial charge on any atom is 0.318 e. The van der Waals surface area contributed by atoms with Gasteiger partial charge in [0, 0.05) is 65.0 Å². The van der Waals surface area contributed by atoms with Crippen molar-refractivity contribution in [2.75, 3.05) is 62.7 Å². The Morgan fingerprint density at radius 2 is 2.02 bits per heavy atom. The molecule has 0 radical (unpaired) electrons. The number of ether oxygens (including phenoxy) is 1. The highest BCUT2D eigenvalue weighted by Gasteiger charge is 2.37. The van der Waals surface area contributed by atoms with Crippen LogP contribution in [0.1, 0.15) is 17.7 Å². The number of hydrogen-bond donors (Lipinski definition) is 2. The lowest BCUT2D eigenvalue weighted by Crippen LogP contribution is -2.57. The molecule has 2 aromatic carbocycles. The average molecular weight is 732 g/mol. The van der Waals surface area contributed by atoms with Crippen LogP contribution in [-0.2, 0) is 17.8 Å². The normalized spacial score (nSPS) is 21.9. The number of benzene rings is 2. The number of aromatic hydroxyl groups is 1. The van der Waals surface area contributed by atoms with Crippen molar-refractivity contribution < 1.29 is 24.1 Å². The minimum absolute atomic E-state index is 0.0201. The maximum absolute atomic E-state index is 13.8. The van der Waals surface area contributed by atoms with E-state index in [4.69, 9.17) is 21.3 Å². The first-order valence-corrected chi connectivity index (χ1v) is 16.0. The van der Waals surface area contributed by atoms with E-state index in [1.807, 2.05) is 30.1 Å². The van der Waals surface area contributed by atoms with Gasteiger partial charge in [0.1, 0.15) is 24.2 Å². The van der Waals surface area contributed by atoms with Gasteiger partial charge in [0.05, 0.1) is 18.3 Å². The van der Waals surface area contributed by atoms with Gasteiger partial charge in [0.2, 0.25) is 6.54 Å². The van der Waals surface area contributed by atoms with E-state index >= 15 is 0 Å². The summed E-state index contributed by atoms with van der Waals surface area (Å²) in [6.45, 7) is 13.6. The highest BCUT2D eigenvalue weighted by molar-refractivity contribution is 14.1. The highest BCUT2D eigenvalue weighted by atomic mass is 131. The fraction of sp³-hybridized carbons (Fsp3) is 0.438. The topological polar surface area (TPSA) is 110 Å². The van der Waals surface area contributed by atoms with Gasteiger partial charge in [0.15, 0.2) is 5.83 Å². The van der Waals surface area contributed by atoms with E-state index in [9.17, 15) is 19.4 Å². The molecule has 2 saturated heterocycles. The van der Waals surface area contributed by atoms with Crippen molar-refractivity contribution in [2.45, 2.75) is 37.6 Å². The van der Waals surface area contributed by atoms with Crippen molar-refractivity contribution in [3.05, 3.63) is 69.0 Å². The number of phenolic OH excluding ortho intramolecular Hbond substituents is 1. The molecule has 2 N–H and O–H groups in total. The number of hydrogen-bond acceptors (Lipinski definition) is 9. The second-order valence-electron chi connectivity index (χ2n) is 11.9. The van der Waals surface area contributed by atoms with Gasteiger partial charge < -0.3 is 34.5 Å². The Labute approximate surface area is 274 Å². The Bertz CT molecular complexity index is 1680. The van der Waals surface area contributed by atoms with Crippen LogP contribution in [0.25, 0.3) is 15.6 Å². The number of nitrogens with zero attached hydrogens (tertiary/aromatic N) is 7. The van der Waals surface area contributed by atoms with Gasteiger partial charge >= 0.3 is 6.01 Å². The predicted octanol–water partition coefficient (Wildman–Crippen LogP) is 3.37. The third-order valence-corrected chi connectivity index (χ3v) is 9.80. The number of halogens is 2. The second kappa shape index (κ2) is 12.9. The number of β-amino-alcohol motifs (C(OH)–C–C–N with tert-alkyl or cyclic N) is 1. The van der Waals surface area contributed by atoms with Gasteiger partial charge in [-0.25, -0.2) is 11.0 Å². The number of anilines is 2. The molecular formula is C32H35FIN7O4. The molecule has 3 aliphatic heterocycles. The Morgan fingerprint density at radius 1 is 1.20 bits per heavy atom. The largest absolute Gasteiger partial charge is 0.508 e. The van der Waals surface area contributed by atoms with Crippen molar-refractivity contribution in [1.82, 2.24) is 19.8 Å². The highest BCUT2D eigenvalue weighted by Crippen LogP contribution is 2.38. The standard InChI is InChI=1S/C32H35FIN7O4/c1-19(33)31(44)41-10-9-40(15-22(41)14-35-2)30-25-7-8-39(28-13-23(42)11-20-5-4-6-26(34)29(20)28)17-27(25)36-32(37-30)45-18-21-12-24(43)16-38(21)3/h4-6,11,13,21-22,24,42-43H,1,7-10,12,14-18H2,3H3/t21-,22-,24?/m0/s1/i34+4. The molecule has 236 valence electrons. The molecule has 1 aromatic heterocycles. The number of carbonyl (C=O) groups is 1. The quantitative estimate of drug-likeness (QED) is 0.215. The Hall–Kier alpha value is -3.74. The molecule has 4 heterocycles. The number of rotatable bonds is 7. The lowest BCUT2D eigenvalue weighted by Gasteiger charge is -2.41. The number of fused-ring (bicyclic) bond motifs is 2. The number of amides is 1. The molecule has 3 atom stereocenters. The van der Waals surface area contributed by atoms with Crippen LogP contribution in [0.5, 0.6) is 11.8 Å². The minimum atomic E-state index is -1.04. The number of aromatic nitrogens is 2. The summed E-state index contributed by atoms with van der Waals surface area (Å²) >= 11 is 2.32. The molecular weight excluding hydrogens is 696 g/mol. The Kier molecular flexibility index (Phi) is 8.98. The summed E-state index contributed by atoms with van der Waals surface area (Å²) in [6, 6.07) is 9.28. The van der Waals surface area contributed by atoms with E-state index in [-0.39, 0.29) is 30.9 Å². The minimum Gasteiger partial charge on any atom is -0.508 e. The summed E-state index contributed by atoms with van der Waals surface area (Å²) < 4.78 is 21.1. The van der Waals surface area contributed by atoms with Crippen LogP contribution in [0, 0.1) is 10.1 Å². The van der Waals surface area contributed by atoms with Crippen molar-refractivity contribution in [3.8, 4) is 11.8 Å². The molecule has 13 heteroatoms. The molecule has 3 aliphatic rings. The van der Waals surface area contributed by atoms with Gasteiger partial charge in [-0.2, -0.15) is 9.97 Å². The van der Waals surface area contributed by atoms with Crippen LogP contribution >= 0.6 is 22.6 Å². The fourth-order valence-electron chi connectivity index (χ4n) is 6.66. The third kappa shape index (κ3) is 6.36. The number of phenols is 1. The number of aliphatic hydroxyl groups is 1. The number of likely N-dealkylation sites (N-methyl/N-ethyl adjacent to an activating group) is 1. The van der Waals surface area contributed by atoms with Crippen LogP contribution in [0.3, 0.4) is 0 Å². The predicted molar refractivity (Wildman–Crippen MR) is 177 cm³/mol. The summed E-state index contributed by atoms with van der Waals surface area (Å²) in [5, 5.41) is 22.7. The number of likely N-dealkylation sites (tertiary alicyclic amines) is 1.